The molecule has 1 aromatic rings. The molecule has 5 nitrogen and oxygen atoms in total. The monoisotopic (exact) mass is 331 g/mol. The molecule has 0 spiro atoms. The molecule has 1 aliphatic carbocycles. The van der Waals surface area contributed by atoms with Gasteiger partial charge in [0, 0.05) is 24.7 Å². The number of nitrogens with one attached hydrogen (secondary N) is 2. The van der Waals surface area contributed by atoms with Crippen LogP contribution in [-0.4, -0.2) is 49.8 Å². The van der Waals surface area contributed by atoms with Crippen LogP contribution in [0, 0.1) is 0 Å². The predicted octanol–water partition coefficient (Wildman–Crippen LogP) is 2.69. The van der Waals surface area contributed by atoms with Crippen molar-refractivity contribution in [1.82, 2.24) is 15.5 Å². The quantitative estimate of drug-likeness (QED) is 0.892. The van der Waals surface area contributed by atoms with Crippen LogP contribution in [0.1, 0.15) is 43.8 Å². The SMILES string of the molecule is CN(C)C1CCC(NC(=O)NC2CCOC(c3ccccc3)C2)C1. The lowest BCUT2D eigenvalue weighted by Crippen LogP contribution is -2.47. The minimum absolute atomic E-state index is 0.0295. The number of hydrogen-bond acceptors (Lipinski definition) is 3. The van der Waals surface area contributed by atoms with E-state index in [0.29, 0.717) is 18.7 Å². The van der Waals surface area contributed by atoms with Gasteiger partial charge < -0.3 is 20.3 Å². The number of urea groups is 1. The number of nitrogens with zero attached hydrogens (tertiary/aromatic N) is 1. The van der Waals surface area contributed by atoms with E-state index in [-0.39, 0.29) is 18.2 Å². The molecule has 2 N–H and O–H groups in total. The standard InChI is InChI=1S/C19H29N3O2/c1-22(2)17-9-8-15(12-17)20-19(23)21-16-10-11-24-18(13-16)14-6-4-3-5-7-14/h3-7,15-18H,8-13H2,1-2H3,(H2,20,21,23). The van der Waals surface area contributed by atoms with Gasteiger partial charge in [0.05, 0.1) is 6.10 Å². The van der Waals surface area contributed by atoms with E-state index in [0.717, 1.165) is 32.1 Å². The van der Waals surface area contributed by atoms with Gasteiger partial charge in [0.25, 0.3) is 0 Å². The number of carbonyl (C=O) groups is 1. The van der Waals surface area contributed by atoms with Crippen molar-refractivity contribution in [2.45, 2.75) is 56.3 Å². The molecule has 1 saturated heterocycles. The second-order valence-electron chi connectivity index (χ2n) is 7.24. The molecule has 4 unspecified atom stereocenters. The zero-order valence-corrected chi connectivity index (χ0v) is 14.7. The Hall–Kier alpha value is -1.59. The lowest BCUT2D eigenvalue weighted by Gasteiger charge is -2.30. The van der Waals surface area contributed by atoms with Crippen molar-refractivity contribution in [1.29, 1.82) is 0 Å². The molecule has 4 atom stereocenters. The van der Waals surface area contributed by atoms with Gasteiger partial charge in [0.1, 0.15) is 0 Å². The maximum Gasteiger partial charge on any atom is 0.315 e. The van der Waals surface area contributed by atoms with E-state index in [2.05, 4.69) is 41.8 Å². The van der Waals surface area contributed by atoms with Crippen LogP contribution in [0.5, 0.6) is 0 Å². The third-order valence-corrected chi connectivity index (χ3v) is 5.26. The first-order valence-corrected chi connectivity index (χ1v) is 9.02. The van der Waals surface area contributed by atoms with E-state index in [4.69, 9.17) is 4.74 Å². The molecular formula is C19H29N3O2. The molecule has 2 aliphatic rings. The number of benzene rings is 1. The Morgan fingerprint density at radius 1 is 1.04 bits per heavy atom. The Labute approximate surface area is 144 Å². The Balaban J connectivity index is 1.46. The topological polar surface area (TPSA) is 53.6 Å². The van der Waals surface area contributed by atoms with Crippen molar-refractivity contribution in [3.8, 4) is 0 Å². The summed E-state index contributed by atoms with van der Waals surface area (Å²) in [6, 6.07) is 11.3. The molecule has 2 fully saturated rings. The van der Waals surface area contributed by atoms with Gasteiger partial charge in [-0.15, -0.1) is 0 Å². The van der Waals surface area contributed by atoms with E-state index >= 15 is 0 Å². The molecule has 1 aromatic carbocycles. The number of rotatable bonds is 4. The van der Waals surface area contributed by atoms with Crippen LogP contribution >= 0.6 is 0 Å². The molecule has 24 heavy (non-hydrogen) atoms. The van der Waals surface area contributed by atoms with Gasteiger partial charge in [0.15, 0.2) is 0 Å². The van der Waals surface area contributed by atoms with Crippen molar-refractivity contribution in [3.63, 3.8) is 0 Å². The summed E-state index contributed by atoms with van der Waals surface area (Å²) in [7, 11) is 4.22. The normalized spacial score (nSPS) is 30.3. The fourth-order valence-electron chi connectivity index (χ4n) is 3.80. The zero-order chi connectivity index (χ0) is 16.9. The summed E-state index contributed by atoms with van der Waals surface area (Å²) in [4.78, 5) is 14.6. The fourth-order valence-corrected chi connectivity index (χ4v) is 3.80. The summed E-state index contributed by atoms with van der Waals surface area (Å²) < 4.78 is 5.87. The van der Waals surface area contributed by atoms with Crippen molar-refractivity contribution in [2.75, 3.05) is 20.7 Å². The summed E-state index contributed by atoms with van der Waals surface area (Å²) in [6.45, 7) is 0.691. The van der Waals surface area contributed by atoms with Gasteiger partial charge in [-0.1, -0.05) is 30.3 Å². The number of carbonyl (C=O) groups excluding carboxylic acids is 1. The first-order chi connectivity index (χ1) is 11.6. The average molecular weight is 331 g/mol. The second kappa shape index (κ2) is 7.99. The van der Waals surface area contributed by atoms with Crippen LogP contribution in [0.25, 0.3) is 0 Å². The average Bonchev–Trinajstić information content (AvgIpc) is 3.04. The first kappa shape index (κ1) is 17.2. The first-order valence-electron chi connectivity index (χ1n) is 9.02. The molecule has 132 valence electrons. The van der Waals surface area contributed by atoms with Gasteiger partial charge in [-0.2, -0.15) is 0 Å². The number of amides is 2. The van der Waals surface area contributed by atoms with Gasteiger partial charge in [-0.25, -0.2) is 4.79 Å². The minimum atomic E-state index is -0.0295. The van der Waals surface area contributed by atoms with Crippen LogP contribution in [0.4, 0.5) is 4.79 Å². The lowest BCUT2D eigenvalue weighted by atomic mass is 9.97. The Kier molecular flexibility index (Phi) is 5.74. The molecule has 3 rings (SSSR count). The Bertz CT molecular complexity index is 535. The second-order valence-corrected chi connectivity index (χ2v) is 7.24. The van der Waals surface area contributed by atoms with Crippen molar-refractivity contribution in [3.05, 3.63) is 35.9 Å². The molecule has 0 bridgehead atoms. The third kappa shape index (κ3) is 4.48. The van der Waals surface area contributed by atoms with Gasteiger partial charge in [-0.05, 0) is 51.8 Å². The van der Waals surface area contributed by atoms with Crippen LogP contribution in [0.15, 0.2) is 30.3 Å². The minimum Gasteiger partial charge on any atom is -0.373 e. The smallest absolute Gasteiger partial charge is 0.315 e. The van der Waals surface area contributed by atoms with E-state index in [1.54, 1.807) is 0 Å². The summed E-state index contributed by atoms with van der Waals surface area (Å²) >= 11 is 0. The highest BCUT2D eigenvalue weighted by atomic mass is 16.5. The fraction of sp³-hybridized carbons (Fsp3) is 0.632. The van der Waals surface area contributed by atoms with Crippen LogP contribution in [-0.2, 0) is 4.74 Å². The maximum atomic E-state index is 12.3. The van der Waals surface area contributed by atoms with Gasteiger partial charge >= 0.3 is 6.03 Å². The van der Waals surface area contributed by atoms with E-state index in [1.165, 1.54) is 5.56 Å². The molecular weight excluding hydrogens is 302 g/mol. The summed E-state index contributed by atoms with van der Waals surface area (Å²) in [6.07, 6.45) is 5.06. The predicted molar refractivity (Wildman–Crippen MR) is 94.9 cm³/mol. The number of hydrogen-bond donors (Lipinski definition) is 2. The van der Waals surface area contributed by atoms with Crippen molar-refractivity contribution >= 4 is 6.03 Å². The summed E-state index contributed by atoms with van der Waals surface area (Å²) in [5.74, 6) is 0. The Morgan fingerprint density at radius 2 is 1.75 bits per heavy atom. The zero-order valence-electron chi connectivity index (χ0n) is 14.7. The van der Waals surface area contributed by atoms with Crippen LogP contribution < -0.4 is 10.6 Å². The van der Waals surface area contributed by atoms with Crippen LogP contribution in [0.3, 0.4) is 0 Å². The van der Waals surface area contributed by atoms with Crippen molar-refractivity contribution in [2.24, 2.45) is 0 Å². The molecule has 1 heterocycles. The molecule has 5 heteroatoms. The summed E-state index contributed by atoms with van der Waals surface area (Å²) in [5.41, 5.74) is 1.19. The highest BCUT2D eigenvalue weighted by Crippen LogP contribution is 2.28. The number of ether oxygens (including phenoxy) is 1. The Morgan fingerprint density at radius 3 is 2.42 bits per heavy atom. The van der Waals surface area contributed by atoms with E-state index in [9.17, 15) is 4.79 Å². The third-order valence-electron chi connectivity index (χ3n) is 5.26. The van der Waals surface area contributed by atoms with Gasteiger partial charge in [0.2, 0.25) is 0 Å². The summed E-state index contributed by atoms with van der Waals surface area (Å²) in [5, 5.41) is 6.29. The molecule has 1 aliphatic heterocycles. The highest BCUT2D eigenvalue weighted by molar-refractivity contribution is 5.74. The van der Waals surface area contributed by atoms with Gasteiger partial charge in [-0.3, -0.25) is 0 Å². The molecule has 0 radical (unpaired) electrons. The largest absolute Gasteiger partial charge is 0.373 e. The molecule has 0 aromatic heterocycles. The van der Waals surface area contributed by atoms with Crippen molar-refractivity contribution < 1.29 is 9.53 Å². The van der Waals surface area contributed by atoms with Crippen LogP contribution in [0.2, 0.25) is 0 Å². The van der Waals surface area contributed by atoms with E-state index < -0.39 is 0 Å². The maximum absolute atomic E-state index is 12.3. The lowest BCUT2D eigenvalue weighted by molar-refractivity contribution is 0.00221. The molecule has 2 amide bonds. The molecule has 1 saturated carbocycles. The highest BCUT2D eigenvalue weighted by Gasteiger charge is 2.29. The van der Waals surface area contributed by atoms with E-state index in [1.807, 2.05) is 18.2 Å².